The summed E-state index contributed by atoms with van der Waals surface area (Å²) in [4.78, 5) is 37.1. The summed E-state index contributed by atoms with van der Waals surface area (Å²) in [6.07, 6.45) is 0. The second-order valence-electron chi connectivity index (χ2n) is 7.09. The summed E-state index contributed by atoms with van der Waals surface area (Å²) < 4.78 is 37.1. The Morgan fingerprint density at radius 3 is 2.11 bits per heavy atom. The fourth-order valence-electron chi connectivity index (χ4n) is 3.14. The lowest BCUT2D eigenvalue weighted by atomic mass is 10.1. The van der Waals surface area contributed by atoms with Crippen LogP contribution in [0.15, 0.2) is 77.7 Å². The first-order valence-electron chi connectivity index (χ1n) is 10.1. The molecule has 0 aliphatic carbocycles. The number of methoxy groups -OCH3 is 2. The molecule has 0 atom stereocenters. The van der Waals surface area contributed by atoms with Crippen LogP contribution in [0.25, 0.3) is 0 Å². The lowest BCUT2D eigenvalue weighted by Gasteiger charge is -2.24. The van der Waals surface area contributed by atoms with Crippen molar-refractivity contribution in [2.45, 2.75) is 4.90 Å². The molecule has 1 N–H and O–H groups in total. The maximum Gasteiger partial charge on any atom is 0.339 e. The van der Waals surface area contributed by atoms with Crippen molar-refractivity contribution in [2.75, 3.05) is 30.4 Å². The van der Waals surface area contributed by atoms with Gasteiger partial charge in [0.2, 0.25) is 5.91 Å². The highest BCUT2D eigenvalue weighted by atomic mass is 35.5. The molecule has 0 unspecified atom stereocenters. The predicted molar refractivity (Wildman–Crippen MR) is 130 cm³/mol. The maximum absolute atomic E-state index is 13.4. The number of ether oxygens (including phenoxy) is 2. The van der Waals surface area contributed by atoms with E-state index in [0.717, 1.165) is 11.4 Å². The number of rotatable bonds is 8. The number of nitrogens with zero attached hydrogens (tertiary/aromatic N) is 1. The number of anilines is 2. The standard InChI is InChI=1S/C24H21ClN2O7S/c1-33-23(29)16-8-13-20(24(30)34-2)21(14-16)26-22(28)15-27(18-6-4-3-5-7-18)35(31,32)19-11-9-17(25)10-12-19/h3-14H,15H2,1-2H3,(H,26,28). The largest absolute Gasteiger partial charge is 0.465 e. The minimum Gasteiger partial charge on any atom is -0.465 e. The molecule has 11 heteroatoms. The van der Waals surface area contributed by atoms with Gasteiger partial charge in [-0.1, -0.05) is 29.8 Å². The number of nitrogens with one attached hydrogen (secondary N) is 1. The number of esters is 2. The van der Waals surface area contributed by atoms with Crippen molar-refractivity contribution in [3.05, 3.63) is 88.9 Å². The van der Waals surface area contributed by atoms with Crippen molar-refractivity contribution in [3.63, 3.8) is 0 Å². The van der Waals surface area contributed by atoms with Gasteiger partial charge in [-0.2, -0.15) is 0 Å². The predicted octanol–water partition coefficient (Wildman–Crippen LogP) is 3.75. The van der Waals surface area contributed by atoms with Crippen molar-refractivity contribution in [1.82, 2.24) is 0 Å². The van der Waals surface area contributed by atoms with Crippen molar-refractivity contribution < 1.29 is 32.3 Å². The van der Waals surface area contributed by atoms with Crippen molar-refractivity contribution >= 4 is 50.8 Å². The van der Waals surface area contributed by atoms with Gasteiger partial charge >= 0.3 is 11.9 Å². The van der Waals surface area contributed by atoms with Crippen molar-refractivity contribution in [2.24, 2.45) is 0 Å². The maximum atomic E-state index is 13.4. The Morgan fingerprint density at radius 2 is 1.51 bits per heavy atom. The van der Waals surface area contributed by atoms with E-state index in [1.807, 2.05) is 0 Å². The van der Waals surface area contributed by atoms with Crippen molar-refractivity contribution in [1.29, 1.82) is 0 Å². The number of sulfonamides is 1. The van der Waals surface area contributed by atoms with E-state index >= 15 is 0 Å². The molecule has 0 bridgehead atoms. The highest BCUT2D eigenvalue weighted by Gasteiger charge is 2.28. The lowest BCUT2D eigenvalue weighted by molar-refractivity contribution is -0.114. The first-order valence-corrected chi connectivity index (χ1v) is 11.9. The molecule has 0 aromatic heterocycles. The summed E-state index contributed by atoms with van der Waals surface area (Å²) in [5, 5.41) is 2.86. The van der Waals surface area contributed by atoms with Crippen molar-refractivity contribution in [3.8, 4) is 0 Å². The zero-order valence-electron chi connectivity index (χ0n) is 18.7. The van der Waals surface area contributed by atoms with Crippen LogP contribution in [0.3, 0.4) is 0 Å². The molecule has 0 radical (unpaired) electrons. The van der Waals surface area contributed by atoms with E-state index in [4.69, 9.17) is 16.3 Å². The first kappa shape index (κ1) is 25.7. The van der Waals surface area contributed by atoms with Gasteiger partial charge in [0, 0.05) is 5.02 Å². The second-order valence-corrected chi connectivity index (χ2v) is 9.39. The molecule has 3 rings (SSSR count). The molecule has 35 heavy (non-hydrogen) atoms. The third-order valence-electron chi connectivity index (χ3n) is 4.85. The fourth-order valence-corrected chi connectivity index (χ4v) is 4.69. The Balaban J connectivity index is 1.98. The molecule has 0 saturated heterocycles. The van der Waals surface area contributed by atoms with E-state index < -0.39 is 34.4 Å². The van der Waals surface area contributed by atoms with Crippen LogP contribution in [0.2, 0.25) is 5.02 Å². The number of hydrogen-bond donors (Lipinski definition) is 1. The minimum atomic E-state index is -4.17. The van der Waals surface area contributed by atoms with E-state index in [-0.39, 0.29) is 27.4 Å². The summed E-state index contributed by atoms with van der Waals surface area (Å²) >= 11 is 5.89. The second kappa shape index (κ2) is 11.0. The number of para-hydroxylation sites is 1. The van der Waals surface area contributed by atoms with Gasteiger partial charge in [0.25, 0.3) is 10.0 Å². The van der Waals surface area contributed by atoms with Gasteiger partial charge in [-0.25, -0.2) is 18.0 Å². The van der Waals surface area contributed by atoms with E-state index in [2.05, 4.69) is 10.1 Å². The molecule has 182 valence electrons. The first-order chi connectivity index (χ1) is 16.7. The Morgan fingerprint density at radius 1 is 0.886 bits per heavy atom. The number of amides is 1. The van der Waals surface area contributed by atoms with Crippen LogP contribution in [0.1, 0.15) is 20.7 Å². The zero-order chi connectivity index (χ0) is 25.6. The Labute approximate surface area is 207 Å². The summed E-state index contributed by atoms with van der Waals surface area (Å²) in [5.74, 6) is -2.21. The average Bonchev–Trinajstić information content (AvgIpc) is 2.87. The smallest absolute Gasteiger partial charge is 0.339 e. The number of carbonyl (C=O) groups is 3. The topological polar surface area (TPSA) is 119 Å². The fraction of sp³-hybridized carbons (Fsp3) is 0.125. The average molecular weight is 517 g/mol. The number of halogens is 1. The molecule has 0 aliphatic rings. The quantitative estimate of drug-likeness (QED) is 0.453. The molecule has 0 saturated carbocycles. The number of carbonyl (C=O) groups excluding carboxylic acids is 3. The highest BCUT2D eigenvalue weighted by Crippen LogP contribution is 2.25. The number of hydrogen-bond acceptors (Lipinski definition) is 7. The zero-order valence-corrected chi connectivity index (χ0v) is 20.3. The molecule has 9 nitrogen and oxygen atoms in total. The van der Waals surface area contributed by atoms with Crippen LogP contribution in [0.4, 0.5) is 11.4 Å². The van der Waals surface area contributed by atoms with Gasteiger partial charge < -0.3 is 14.8 Å². The lowest BCUT2D eigenvalue weighted by Crippen LogP contribution is -2.38. The molecule has 1 amide bonds. The Kier molecular flexibility index (Phi) is 8.10. The van der Waals surface area contributed by atoms with Gasteiger partial charge in [0.15, 0.2) is 0 Å². The van der Waals surface area contributed by atoms with E-state index in [9.17, 15) is 22.8 Å². The third kappa shape index (κ3) is 5.97. The van der Waals surface area contributed by atoms with Gasteiger partial charge in [-0.3, -0.25) is 9.10 Å². The molecule has 0 fully saturated rings. The van der Waals surface area contributed by atoms with Crippen LogP contribution < -0.4 is 9.62 Å². The normalized spacial score (nSPS) is 10.8. The SMILES string of the molecule is COC(=O)c1ccc(C(=O)OC)c(NC(=O)CN(c2ccccc2)S(=O)(=O)c2ccc(Cl)cc2)c1. The third-order valence-corrected chi connectivity index (χ3v) is 6.89. The molecule has 0 heterocycles. The highest BCUT2D eigenvalue weighted by molar-refractivity contribution is 7.92. The monoisotopic (exact) mass is 516 g/mol. The van der Waals surface area contributed by atoms with E-state index in [1.54, 1.807) is 30.3 Å². The van der Waals surface area contributed by atoms with Gasteiger partial charge in [-0.05, 0) is 54.6 Å². The van der Waals surface area contributed by atoms with Crippen LogP contribution in [0.5, 0.6) is 0 Å². The summed E-state index contributed by atoms with van der Waals surface area (Å²) in [7, 11) is -1.81. The van der Waals surface area contributed by atoms with Crippen LogP contribution >= 0.6 is 11.6 Å². The number of benzene rings is 3. The van der Waals surface area contributed by atoms with Gasteiger partial charge in [0.05, 0.1) is 41.6 Å². The Bertz CT molecular complexity index is 1340. The van der Waals surface area contributed by atoms with Crippen LogP contribution in [-0.2, 0) is 24.3 Å². The minimum absolute atomic E-state index is 0.0275. The van der Waals surface area contributed by atoms with E-state index in [0.29, 0.717) is 5.02 Å². The molecule has 3 aromatic carbocycles. The molecule has 0 aliphatic heterocycles. The molecular formula is C24H21ClN2O7S. The van der Waals surface area contributed by atoms with Gasteiger partial charge in [-0.15, -0.1) is 0 Å². The molecule has 0 spiro atoms. The molecule has 3 aromatic rings. The summed E-state index contributed by atoms with van der Waals surface area (Å²) in [6.45, 7) is -0.627. The van der Waals surface area contributed by atoms with Gasteiger partial charge in [0.1, 0.15) is 6.54 Å². The van der Waals surface area contributed by atoms with Crippen LogP contribution in [0, 0.1) is 0 Å². The molecular weight excluding hydrogens is 496 g/mol. The van der Waals surface area contributed by atoms with E-state index in [1.165, 1.54) is 49.6 Å². The Hall–Kier alpha value is -3.89. The summed E-state index contributed by atoms with van der Waals surface area (Å²) in [5.41, 5.74) is 0.250. The van der Waals surface area contributed by atoms with Crippen LogP contribution in [-0.4, -0.2) is 47.0 Å². The summed E-state index contributed by atoms with van der Waals surface area (Å²) in [6, 6.07) is 17.5.